The quantitative estimate of drug-likeness (QED) is 0.585. The van der Waals surface area contributed by atoms with Crippen LogP contribution < -0.4 is 15.0 Å². The summed E-state index contributed by atoms with van der Waals surface area (Å²) in [5, 5.41) is 8.76. The molecule has 24 heavy (non-hydrogen) atoms. The van der Waals surface area contributed by atoms with Gasteiger partial charge in [0.05, 0.1) is 14.2 Å². The average Bonchev–Trinajstić information content (AvgIpc) is 2.57. The van der Waals surface area contributed by atoms with Gasteiger partial charge in [0.2, 0.25) is 0 Å². The normalized spacial score (nSPS) is 16.3. The predicted molar refractivity (Wildman–Crippen MR) is 87.5 cm³/mol. The maximum atomic E-state index is 12.7. The zero-order valence-electron chi connectivity index (χ0n) is 14.3. The maximum Gasteiger partial charge on any atom is 0.266 e. The van der Waals surface area contributed by atoms with Gasteiger partial charge >= 0.3 is 0 Å². The highest BCUT2D eigenvalue weighted by molar-refractivity contribution is 5.99. The van der Waals surface area contributed by atoms with Crippen LogP contribution in [-0.2, 0) is 11.2 Å². The number of hydrogen-bond donors (Lipinski definition) is 2. The molecule has 0 spiro atoms. The van der Waals surface area contributed by atoms with E-state index in [9.17, 15) is 9.59 Å². The number of unbranched alkanes of at least 4 members (excludes halogenated alkanes) is 1. The number of carbonyl (C=O) groups excluding carboxylic acids is 2. The second kappa shape index (κ2) is 8.01. The molecule has 2 N–H and O–H groups in total. The van der Waals surface area contributed by atoms with Crippen molar-refractivity contribution in [3.05, 3.63) is 23.3 Å². The molecule has 0 saturated carbocycles. The van der Waals surface area contributed by atoms with Crippen LogP contribution in [0.2, 0.25) is 0 Å². The molecule has 1 saturated heterocycles. The van der Waals surface area contributed by atoms with Crippen LogP contribution in [0.15, 0.2) is 12.1 Å². The van der Waals surface area contributed by atoms with Crippen molar-refractivity contribution in [3.8, 4) is 11.5 Å². The third-order valence-corrected chi connectivity index (χ3v) is 4.30. The van der Waals surface area contributed by atoms with Crippen molar-refractivity contribution in [1.29, 1.82) is 0 Å². The minimum Gasteiger partial charge on any atom is -0.493 e. The summed E-state index contributed by atoms with van der Waals surface area (Å²) in [6.45, 7) is 2.58. The fourth-order valence-electron chi connectivity index (χ4n) is 2.86. The van der Waals surface area contributed by atoms with Crippen LogP contribution in [0.1, 0.15) is 42.1 Å². The number of likely N-dealkylation sites (tertiary alicyclic amines) is 1. The Morgan fingerprint density at radius 2 is 2.08 bits per heavy atom. The third-order valence-electron chi connectivity index (χ3n) is 4.30. The van der Waals surface area contributed by atoms with Gasteiger partial charge in [0.15, 0.2) is 11.5 Å². The first kappa shape index (κ1) is 18.1. The van der Waals surface area contributed by atoms with Crippen molar-refractivity contribution in [2.75, 3.05) is 20.8 Å². The zero-order chi connectivity index (χ0) is 17.7. The molecule has 1 aromatic rings. The molecule has 1 heterocycles. The minimum atomic E-state index is -0.630. The van der Waals surface area contributed by atoms with E-state index in [0.717, 1.165) is 24.8 Å². The van der Waals surface area contributed by atoms with Gasteiger partial charge in [-0.1, -0.05) is 13.3 Å². The number of amides is 2. The molecule has 1 atom stereocenters. The highest BCUT2D eigenvalue weighted by Crippen LogP contribution is 2.35. The molecule has 2 amide bonds. The lowest BCUT2D eigenvalue weighted by atomic mass is 9.98. The number of aryl methyl sites for hydroxylation is 1. The fraction of sp³-hybridized carbons (Fsp3) is 0.529. The van der Waals surface area contributed by atoms with Crippen molar-refractivity contribution >= 4 is 11.8 Å². The summed E-state index contributed by atoms with van der Waals surface area (Å²) in [5.41, 5.74) is 2.97. The molecule has 0 aliphatic carbocycles. The molecule has 1 aromatic carbocycles. The largest absolute Gasteiger partial charge is 0.493 e. The van der Waals surface area contributed by atoms with Gasteiger partial charge in [-0.15, -0.1) is 0 Å². The summed E-state index contributed by atoms with van der Waals surface area (Å²) in [4.78, 5) is 25.7. The van der Waals surface area contributed by atoms with Crippen LogP contribution in [0.4, 0.5) is 0 Å². The average molecular weight is 336 g/mol. The number of rotatable bonds is 7. The molecule has 0 aromatic heterocycles. The monoisotopic (exact) mass is 336 g/mol. The molecule has 1 fully saturated rings. The van der Waals surface area contributed by atoms with E-state index in [1.54, 1.807) is 24.7 Å². The third kappa shape index (κ3) is 3.46. The van der Waals surface area contributed by atoms with Gasteiger partial charge in [0.25, 0.3) is 11.8 Å². The lowest BCUT2D eigenvalue weighted by Crippen LogP contribution is -2.57. The summed E-state index contributed by atoms with van der Waals surface area (Å²) in [5.74, 6) is 0.309. The first-order valence-electron chi connectivity index (χ1n) is 8.07. The van der Waals surface area contributed by atoms with Gasteiger partial charge in [-0.25, -0.2) is 5.48 Å². The van der Waals surface area contributed by atoms with Gasteiger partial charge in [-0.3, -0.25) is 14.8 Å². The van der Waals surface area contributed by atoms with Gasteiger partial charge in [0, 0.05) is 12.1 Å². The molecule has 132 valence electrons. The van der Waals surface area contributed by atoms with Gasteiger partial charge in [0.1, 0.15) is 6.04 Å². The van der Waals surface area contributed by atoms with E-state index < -0.39 is 11.9 Å². The van der Waals surface area contributed by atoms with Crippen LogP contribution in [0, 0.1) is 0 Å². The van der Waals surface area contributed by atoms with E-state index in [2.05, 4.69) is 6.92 Å². The highest BCUT2D eigenvalue weighted by atomic mass is 16.5. The highest BCUT2D eigenvalue weighted by Gasteiger charge is 2.38. The summed E-state index contributed by atoms with van der Waals surface area (Å²) in [7, 11) is 3.10. The van der Waals surface area contributed by atoms with Gasteiger partial charge in [-0.05, 0) is 37.0 Å². The smallest absolute Gasteiger partial charge is 0.266 e. The summed E-state index contributed by atoms with van der Waals surface area (Å²) in [6, 6.07) is 2.80. The number of carbonyl (C=O) groups is 2. The lowest BCUT2D eigenvalue weighted by Gasteiger charge is -2.39. The van der Waals surface area contributed by atoms with E-state index in [1.165, 1.54) is 12.0 Å². The van der Waals surface area contributed by atoms with Crippen molar-refractivity contribution in [1.82, 2.24) is 10.4 Å². The van der Waals surface area contributed by atoms with Gasteiger partial charge < -0.3 is 14.4 Å². The number of hydroxylamine groups is 1. The molecule has 0 radical (unpaired) electrons. The summed E-state index contributed by atoms with van der Waals surface area (Å²) in [6.07, 6.45) is 3.30. The zero-order valence-corrected chi connectivity index (χ0v) is 14.3. The van der Waals surface area contributed by atoms with Crippen LogP contribution in [0.5, 0.6) is 11.5 Å². The number of ether oxygens (including phenoxy) is 2. The van der Waals surface area contributed by atoms with Crippen molar-refractivity contribution in [2.45, 2.75) is 38.6 Å². The van der Waals surface area contributed by atoms with E-state index in [1.807, 2.05) is 0 Å². The van der Waals surface area contributed by atoms with Crippen LogP contribution in [0.25, 0.3) is 0 Å². The number of hydrogen-bond acceptors (Lipinski definition) is 5. The van der Waals surface area contributed by atoms with E-state index in [0.29, 0.717) is 30.0 Å². The Balaban J connectivity index is 2.32. The predicted octanol–water partition coefficient (Wildman–Crippen LogP) is 1.77. The Kier molecular flexibility index (Phi) is 6.03. The maximum absolute atomic E-state index is 12.7. The van der Waals surface area contributed by atoms with Crippen molar-refractivity contribution in [3.63, 3.8) is 0 Å². The Morgan fingerprint density at radius 1 is 1.33 bits per heavy atom. The SMILES string of the molecule is CCCCc1cc(C(=O)N2CCC2C(=O)NO)cc(OC)c1OC. The molecule has 7 nitrogen and oxygen atoms in total. The Morgan fingerprint density at radius 3 is 2.58 bits per heavy atom. The molecule has 0 bridgehead atoms. The van der Waals surface area contributed by atoms with E-state index in [4.69, 9.17) is 14.7 Å². The minimum absolute atomic E-state index is 0.256. The molecular weight excluding hydrogens is 312 g/mol. The number of nitrogens with zero attached hydrogens (tertiary/aromatic N) is 1. The van der Waals surface area contributed by atoms with Crippen LogP contribution >= 0.6 is 0 Å². The lowest BCUT2D eigenvalue weighted by molar-refractivity contribution is -0.137. The standard InChI is InChI=1S/C17H24N2O5/c1-4-5-6-11-9-12(10-14(23-2)15(11)24-3)17(21)19-8-7-13(19)16(20)18-22/h9-10,13,22H,4-8H2,1-3H3,(H,18,20). The van der Waals surface area contributed by atoms with Gasteiger partial charge in [-0.2, -0.15) is 0 Å². The molecule has 1 aliphatic heterocycles. The first-order valence-corrected chi connectivity index (χ1v) is 8.07. The number of nitrogens with one attached hydrogen (secondary N) is 1. The second-order valence-electron chi connectivity index (χ2n) is 5.75. The van der Waals surface area contributed by atoms with Crippen LogP contribution in [0.3, 0.4) is 0 Å². The van der Waals surface area contributed by atoms with E-state index in [-0.39, 0.29) is 5.91 Å². The number of benzene rings is 1. The molecule has 1 unspecified atom stereocenters. The molecule has 1 aliphatic rings. The first-order chi connectivity index (χ1) is 11.6. The summed E-state index contributed by atoms with van der Waals surface area (Å²) < 4.78 is 10.8. The molecule has 7 heteroatoms. The van der Waals surface area contributed by atoms with Crippen molar-refractivity contribution in [2.24, 2.45) is 0 Å². The molecule has 2 rings (SSSR count). The summed E-state index contributed by atoms with van der Waals surface area (Å²) >= 11 is 0. The Bertz CT molecular complexity index is 617. The fourth-order valence-corrected chi connectivity index (χ4v) is 2.86. The Hall–Kier alpha value is -2.28. The van der Waals surface area contributed by atoms with Crippen molar-refractivity contribution < 1.29 is 24.3 Å². The Labute approximate surface area is 141 Å². The topological polar surface area (TPSA) is 88.1 Å². The van der Waals surface area contributed by atoms with E-state index >= 15 is 0 Å². The molecular formula is C17H24N2O5. The second-order valence-corrected chi connectivity index (χ2v) is 5.75. The number of methoxy groups -OCH3 is 2. The van der Waals surface area contributed by atoms with Crippen LogP contribution in [-0.4, -0.2) is 48.7 Å².